The lowest BCUT2D eigenvalue weighted by Gasteiger charge is -2.31. The molecule has 41 heavy (non-hydrogen) atoms. The molecule has 206 valence electrons. The van der Waals surface area contributed by atoms with Crippen molar-refractivity contribution in [2.45, 2.75) is 24.9 Å². The number of carbonyl (C=O) groups is 3. The number of ether oxygens (including phenoxy) is 2. The first-order valence-corrected chi connectivity index (χ1v) is 13.3. The van der Waals surface area contributed by atoms with Gasteiger partial charge >= 0.3 is 0 Å². The molecule has 4 unspecified atom stereocenters. The Hall–Kier alpha value is -4.98. The average molecular weight is 551 g/mol. The number of primary amides is 1. The standard InChI is InChI=1S/C33H27FN2O5/c1-19-6-5-9-23(16-19)31(37)28-27(20-10-13-24(34)14-11-20)30(32(35)38)36(33(39)21-7-3-2-4-8-21)29(28)22-12-15-25-26(17-22)41-18-40-25/h2-17,27-30H,18H2,1H3,(H2,35,38). The van der Waals surface area contributed by atoms with Crippen LogP contribution < -0.4 is 15.2 Å². The van der Waals surface area contributed by atoms with Gasteiger partial charge in [-0.15, -0.1) is 0 Å². The van der Waals surface area contributed by atoms with Crippen LogP contribution in [-0.4, -0.2) is 35.3 Å². The number of halogens is 1. The van der Waals surface area contributed by atoms with Crippen molar-refractivity contribution in [1.29, 1.82) is 0 Å². The summed E-state index contributed by atoms with van der Waals surface area (Å²) in [5.41, 5.74) is 8.82. The summed E-state index contributed by atoms with van der Waals surface area (Å²) in [5.74, 6) is -2.74. The molecule has 2 N–H and O–H groups in total. The Bertz CT molecular complexity index is 1640. The van der Waals surface area contributed by atoms with E-state index < -0.39 is 41.6 Å². The van der Waals surface area contributed by atoms with Crippen LogP contribution in [0.1, 0.15) is 49.4 Å². The summed E-state index contributed by atoms with van der Waals surface area (Å²) in [6.45, 7) is 1.93. The number of fused-ring (bicyclic) bond motifs is 1. The van der Waals surface area contributed by atoms with Gasteiger partial charge in [0.25, 0.3) is 5.91 Å². The molecule has 0 spiro atoms. The van der Waals surface area contributed by atoms with Gasteiger partial charge in [0.1, 0.15) is 11.9 Å². The lowest BCUT2D eigenvalue weighted by molar-refractivity contribution is -0.122. The lowest BCUT2D eigenvalue weighted by atomic mass is 9.76. The molecule has 0 bridgehead atoms. The van der Waals surface area contributed by atoms with E-state index in [1.54, 1.807) is 78.9 Å². The number of hydrogen-bond acceptors (Lipinski definition) is 5. The molecule has 4 atom stereocenters. The normalized spacial score (nSPS) is 21.1. The molecule has 2 aliphatic rings. The van der Waals surface area contributed by atoms with Crippen LogP contribution in [0.25, 0.3) is 0 Å². The molecule has 8 heteroatoms. The number of likely N-dealkylation sites (tertiary alicyclic amines) is 1. The summed E-state index contributed by atoms with van der Waals surface area (Å²) in [6.07, 6.45) is 0. The fourth-order valence-electron chi connectivity index (χ4n) is 6.05. The highest BCUT2D eigenvalue weighted by molar-refractivity contribution is 6.04. The van der Waals surface area contributed by atoms with Crippen LogP contribution in [0.2, 0.25) is 0 Å². The summed E-state index contributed by atoms with van der Waals surface area (Å²) >= 11 is 0. The van der Waals surface area contributed by atoms with Gasteiger partial charge in [-0.1, -0.05) is 60.2 Å². The van der Waals surface area contributed by atoms with Crippen molar-refractivity contribution in [2.75, 3.05) is 6.79 Å². The second-order valence-electron chi connectivity index (χ2n) is 10.3. The highest BCUT2D eigenvalue weighted by Crippen LogP contribution is 2.52. The smallest absolute Gasteiger partial charge is 0.255 e. The minimum atomic E-state index is -1.21. The van der Waals surface area contributed by atoms with E-state index in [1.165, 1.54) is 17.0 Å². The van der Waals surface area contributed by atoms with Crippen LogP contribution in [-0.2, 0) is 4.79 Å². The summed E-state index contributed by atoms with van der Waals surface area (Å²) in [6, 6.07) is 24.5. The van der Waals surface area contributed by atoms with Crippen LogP contribution in [0.3, 0.4) is 0 Å². The average Bonchev–Trinajstić information content (AvgIpc) is 3.60. The van der Waals surface area contributed by atoms with Crippen LogP contribution in [0.5, 0.6) is 11.5 Å². The van der Waals surface area contributed by atoms with Gasteiger partial charge in [0.2, 0.25) is 12.7 Å². The summed E-state index contributed by atoms with van der Waals surface area (Å²) in [4.78, 5) is 43.5. The van der Waals surface area contributed by atoms with Gasteiger partial charge in [-0.25, -0.2) is 4.39 Å². The first kappa shape index (κ1) is 26.3. The number of rotatable bonds is 6. The Morgan fingerprint density at radius 1 is 0.805 bits per heavy atom. The molecule has 1 saturated heterocycles. The predicted octanol–water partition coefficient (Wildman–Crippen LogP) is 5.20. The second-order valence-corrected chi connectivity index (χ2v) is 10.3. The topological polar surface area (TPSA) is 98.9 Å². The van der Waals surface area contributed by atoms with Crippen LogP contribution in [0.15, 0.2) is 97.1 Å². The quantitative estimate of drug-likeness (QED) is 0.333. The van der Waals surface area contributed by atoms with Gasteiger partial charge in [0.05, 0.1) is 12.0 Å². The van der Waals surface area contributed by atoms with E-state index in [1.807, 2.05) is 13.0 Å². The Morgan fingerprint density at radius 3 is 2.20 bits per heavy atom. The third kappa shape index (κ3) is 4.71. The van der Waals surface area contributed by atoms with Gasteiger partial charge in [-0.3, -0.25) is 14.4 Å². The van der Waals surface area contributed by atoms with E-state index in [0.29, 0.717) is 33.8 Å². The van der Waals surface area contributed by atoms with Crippen LogP contribution in [0, 0.1) is 18.7 Å². The van der Waals surface area contributed by atoms with Gasteiger partial charge in [0.15, 0.2) is 17.3 Å². The minimum Gasteiger partial charge on any atom is -0.454 e. The first-order chi connectivity index (χ1) is 19.8. The maximum Gasteiger partial charge on any atom is 0.255 e. The van der Waals surface area contributed by atoms with Crippen molar-refractivity contribution >= 4 is 17.6 Å². The fraction of sp³-hybridized carbons (Fsp3) is 0.182. The van der Waals surface area contributed by atoms with Crippen molar-refractivity contribution in [1.82, 2.24) is 4.90 Å². The predicted molar refractivity (Wildman–Crippen MR) is 149 cm³/mol. The summed E-state index contributed by atoms with van der Waals surface area (Å²) < 4.78 is 25.2. The van der Waals surface area contributed by atoms with Crippen molar-refractivity contribution in [3.63, 3.8) is 0 Å². The minimum absolute atomic E-state index is 0.0455. The molecule has 4 aromatic rings. The van der Waals surface area contributed by atoms with E-state index in [2.05, 4.69) is 0 Å². The molecule has 0 saturated carbocycles. The monoisotopic (exact) mass is 550 g/mol. The second kappa shape index (κ2) is 10.5. The Labute approximate surface area is 236 Å². The number of amides is 2. The van der Waals surface area contributed by atoms with E-state index >= 15 is 0 Å². The number of hydrogen-bond donors (Lipinski definition) is 1. The van der Waals surface area contributed by atoms with Gasteiger partial charge in [-0.05, 0) is 60.5 Å². The number of nitrogens with two attached hydrogens (primary N) is 1. The molecule has 0 aromatic heterocycles. The van der Waals surface area contributed by atoms with Gasteiger partial charge in [0, 0.05) is 17.0 Å². The molecular weight excluding hydrogens is 523 g/mol. The SMILES string of the molecule is Cc1cccc(C(=O)C2C(c3ccc(F)cc3)C(C(N)=O)N(C(=O)c3ccccc3)C2c2ccc3c(c2)OCO3)c1. The van der Waals surface area contributed by atoms with E-state index in [9.17, 15) is 18.8 Å². The molecule has 4 aromatic carbocycles. The Morgan fingerprint density at radius 2 is 1.49 bits per heavy atom. The highest BCUT2D eigenvalue weighted by atomic mass is 19.1. The van der Waals surface area contributed by atoms with Crippen molar-refractivity contribution in [3.8, 4) is 11.5 Å². The number of Topliss-reactive ketones (excluding diaryl/α,β-unsaturated/α-hetero) is 1. The summed E-state index contributed by atoms with van der Waals surface area (Å²) in [5, 5.41) is 0. The molecule has 2 heterocycles. The largest absolute Gasteiger partial charge is 0.454 e. The molecule has 0 aliphatic carbocycles. The molecule has 7 nitrogen and oxygen atoms in total. The Balaban J connectivity index is 1.61. The first-order valence-electron chi connectivity index (χ1n) is 13.3. The van der Waals surface area contributed by atoms with E-state index in [0.717, 1.165) is 5.56 Å². The van der Waals surface area contributed by atoms with Gasteiger partial charge < -0.3 is 20.1 Å². The number of nitrogens with zero attached hydrogens (tertiary/aromatic N) is 1. The maximum absolute atomic E-state index is 14.5. The zero-order valence-electron chi connectivity index (χ0n) is 22.2. The third-order valence-corrected chi connectivity index (χ3v) is 7.81. The number of ketones is 1. The van der Waals surface area contributed by atoms with E-state index in [-0.39, 0.29) is 12.6 Å². The van der Waals surface area contributed by atoms with Crippen molar-refractivity contribution < 1.29 is 28.2 Å². The summed E-state index contributed by atoms with van der Waals surface area (Å²) in [7, 11) is 0. The Kier molecular flexibility index (Phi) is 6.75. The molecule has 2 amide bonds. The van der Waals surface area contributed by atoms with Crippen LogP contribution >= 0.6 is 0 Å². The highest BCUT2D eigenvalue weighted by Gasteiger charge is 2.57. The van der Waals surface area contributed by atoms with Crippen molar-refractivity contribution in [3.05, 3.63) is 131 Å². The molecule has 0 radical (unpaired) electrons. The molecule has 6 rings (SSSR count). The number of aryl methyl sites for hydroxylation is 1. The fourth-order valence-corrected chi connectivity index (χ4v) is 6.05. The zero-order chi connectivity index (χ0) is 28.7. The van der Waals surface area contributed by atoms with E-state index in [4.69, 9.17) is 15.2 Å². The maximum atomic E-state index is 14.5. The lowest BCUT2D eigenvalue weighted by Crippen LogP contribution is -2.46. The number of benzene rings is 4. The molecular formula is C33H27FN2O5. The van der Waals surface area contributed by atoms with Crippen LogP contribution in [0.4, 0.5) is 4.39 Å². The molecule has 1 fully saturated rings. The van der Waals surface area contributed by atoms with Crippen molar-refractivity contribution in [2.24, 2.45) is 11.7 Å². The zero-order valence-corrected chi connectivity index (χ0v) is 22.2. The third-order valence-electron chi connectivity index (χ3n) is 7.81. The number of carbonyl (C=O) groups excluding carboxylic acids is 3. The van der Waals surface area contributed by atoms with Gasteiger partial charge in [-0.2, -0.15) is 0 Å². The molecule has 2 aliphatic heterocycles.